The molecule has 6 nitrogen and oxygen atoms in total. The first-order chi connectivity index (χ1) is 18.1. The van der Waals surface area contributed by atoms with E-state index in [2.05, 4.69) is 46.5 Å². The second kappa shape index (κ2) is 10.4. The summed E-state index contributed by atoms with van der Waals surface area (Å²) in [6, 6.07) is 10.3. The largest absolute Gasteiger partial charge is 0.507 e. The predicted molar refractivity (Wildman–Crippen MR) is 157 cm³/mol. The topological polar surface area (TPSA) is 80.9 Å². The minimum absolute atomic E-state index is 0.209. The molecule has 1 aliphatic rings. The monoisotopic (exact) mass is 566 g/mol. The van der Waals surface area contributed by atoms with Crippen molar-refractivity contribution in [1.29, 1.82) is 0 Å². The van der Waals surface area contributed by atoms with Crippen LogP contribution in [0.2, 0.25) is 5.02 Å². The fourth-order valence-electron chi connectivity index (χ4n) is 4.79. The molecule has 2 aromatic carbocycles. The number of carbonyl (C=O) groups excluding carboxylic acids is 1. The van der Waals surface area contributed by atoms with Crippen LogP contribution < -0.4 is 14.9 Å². The van der Waals surface area contributed by atoms with Gasteiger partial charge in [-0.2, -0.15) is 0 Å². The molecule has 1 aliphatic heterocycles. The minimum Gasteiger partial charge on any atom is -0.507 e. The Bertz CT molecular complexity index is 1610. The summed E-state index contributed by atoms with van der Waals surface area (Å²) in [5.41, 5.74) is 3.16. The average molecular weight is 567 g/mol. The van der Waals surface area contributed by atoms with Crippen molar-refractivity contribution >= 4 is 35.0 Å². The third-order valence-corrected chi connectivity index (χ3v) is 7.98. The number of carbonyl (C=O) groups is 1. The van der Waals surface area contributed by atoms with Crippen molar-refractivity contribution in [1.82, 2.24) is 4.57 Å². The van der Waals surface area contributed by atoms with Gasteiger partial charge < -0.3 is 9.84 Å². The number of hydrogen-bond donors (Lipinski definition) is 1. The van der Waals surface area contributed by atoms with Crippen molar-refractivity contribution in [3.05, 3.63) is 94.6 Å². The Morgan fingerprint density at radius 2 is 1.67 bits per heavy atom. The maximum absolute atomic E-state index is 14.0. The van der Waals surface area contributed by atoms with Crippen molar-refractivity contribution in [2.45, 2.75) is 72.3 Å². The highest BCUT2D eigenvalue weighted by molar-refractivity contribution is 7.07. The Kier molecular flexibility index (Phi) is 7.71. The number of phenolic OH excluding ortho intramolecular Hbond substituents is 1. The molecule has 0 spiro atoms. The first kappa shape index (κ1) is 28.8. The second-order valence-corrected chi connectivity index (χ2v) is 13.3. The van der Waals surface area contributed by atoms with Crippen LogP contribution in [-0.2, 0) is 20.4 Å². The lowest BCUT2D eigenvalue weighted by atomic mass is 9.78. The van der Waals surface area contributed by atoms with Gasteiger partial charge in [-0.25, -0.2) is 9.79 Å². The summed E-state index contributed by atoms with van der Waals surface area (Å²) in [4.78, 5) is 32.2. The molecular formula is C31H35ClN2O4S. The van der Waals surface area contributed by atoms with Crippen LogP contribution in [-0.4, -0.2) is 22.2 Å². The van der Waals surface area contributed by atoms with Crippen LogP contribution >= 0.6 is 22.9 Å². The molecule has 0 radical (unpaired) electrons. The Morgan fingerprint density at radius 1 is 1.10 bits per heavy atom. The van der Waals surface area contributed by atoms with Crippen LogP contribution in [0.3, 0.4) is 0 Å². The van der Waals surface area contributed by atoms with E-state index in [1.807, 2.05) is 30.3 Å². The van der Waals surface area contributed by atoms with E-state index >= 15 is 0 Å². The maximum Gasteiger partial charge on any atom is 0.338 e. The molecule has 2 heterocycles. The van der Waals surface area contributed by atoms with Gasteiger partial charge in [0.25, 0.3) is 5.56 Å². The molecule has 1 N–H and O–H groups in total. The first-order valence-corrected chi connectivity index (χ1v) is 14.2. The van der Waals surface area contributed by atoms with Gasteiger partial charge in [0, 0.05) is 16.1 Å². The number of esters is 1. The van der Waals surface area contributed by atoms with E-state index in [4.69, 9.17) is 16.3 Å². The number of rotatable bonds is 4. The van der Waals surface area contributed by atoms with Gasteiger partial charge in [-0.15, -0.1) is 0 Å². The van der Waals surface area contributed by atoms with Crippen LogP contribution in [0.25, 0.3) is 6.08 Å². The lowest BCUT2D eigenvalue weighted by molar-refractivity contribution is -0.139. The van der Waals surface area contributed by atoms with Gasteiger partial charge in [-0.1, -0.05) is 76.6 Å². The molecular weight excluding hydrogens is 532 g/mol. The summed E-state index contributed by atoms with van der Waals surface area (Å²) in [5.74, 6) is -0.220. The molecule has 8 heteroatoms. The van der Waals surface area contributed by atoms with Gasteiger partial charge in [-0.05, 0) is 66.1 Å². The number of benzene rings is 2. The average Bonchev–Trinajstić information content (AvgIpc) is 3.12. The van der Waals surface area contributed by atoms with Crippen LogP contribution in [0.15, 0.2) is 57.5 Å². The number of allylic oxidation sites excluding steroid dienone is 1. The summed E-state index contributed by atoms with van der Waals surface area (Å²) in [5, 5.41) is 11.7. The highest BCUT2D eigenvalue weighted by atomic mass is 35.5. The van der Waals surface area contributed by atoms with Crippen molar-refractivity contribution in [3.8, 4) is 5.75 Å². The Labute approximate surface area is 237 Å². The molecule has 206 valence electrons. The molecule has 3 aromatic rings. The lowest BCUT2D eigenvalue weighted by Crippen LogP contribution is -2.39. The normalized spacial score (nSPS) is 16.2. The summed E-state index contributed by atoms with van der Waals surface area (Å²) >= 11 is 7.42. The van der Waals surface area contributed by atoms with Gasteiger partial charge in [0.05, 0.1) is 28.5 Å². The maximum atomic E-state index is 14.0. The molecule has 1 aromatic heterocycles. The molecule has 1 atom stereocenters. The quantitative estimate of drug-likeness (QED) is 0.408. The Morgan fingerprint density at radius 3 is 2.18 bits per heavy atom. The third-order valence-electron chi connectivity index (χ3n) is 6.75. The van der Waals surface area contributed by atoms with E-state index in [-0.39, 0.29) is 28.7 Å². The number of fused-ring (bicyclic) bond motifs is 1. The number of phenols is 1. The fraction of sp³-hybridized carbons (Fsp3) is 0.387. The number of aromatic hydroxyl groups is 1. The van der Waals surface area contributed by atoms with E-state index in [0.717, 1.165) is 22.3 Å². The molecule has 4 rings (SSSR count). The van der Waals surface area contributed by atoms with Crippen molar-refractivity contribution in [2.75, 3.05) is 6.61 Å². The molecule has 0 amide bonds. The highest BCUT2D eigenvalue weighted by Gasteiger charge is 2.33. The van der Waals surface area contributed by atoms with Crippen molar-refractivity contribution < 1.29 is 14.6 Å². The molecule has 0 fully saturated rings. The van der Waals surface area contributed by atoms with Crippen LogP contribution in [0.1, 0.15) is 83.7 Å². The van der Waals surface area contributed by atoms with E-state index in [1.165, 1.54) is 11.3 Å². The molecule has 0 bridgehead atoms. The zero-order chi connectivity index (χ0) is 28.9. The molecule has 0 saturated carbocycles. The van der Waals surface area contributed by atoms with Gasteiger partial charge in [0.1, 0.15) is 5.75 Å². The van der Waals surface area contributed by atoms with Gasteiger partial charge in [0.15, 0.2) is 4.80 Å². The van der Waals surface area contributed by atoms with Crippen LogP contribution in [0, 0.1) is 0 Å². The number of thiazole rings is 1. The van der Waals surface area contributed by atoms with Crippen molar-refractivity contribution in [2.24, 2.45) is 4.99 Å². The lowest BCUT2D eigenvalue weighted by Gasteiger charge is -2.27. The van der Waals surface area contributed by atoms with Crippen molar-refractivity contribution in [3.63, 3.8) is 0 Å². The number of aromatic nitrogens is 1. The Balaban J connectivity index is 1.99. The number of nitrogens with zero attached hydrogens (tertiary/aromatic N) is 2. The van der Waals surface area contributed by atoms with Gasteiger partial charge in [-0.3, -0.25) is 9.36 Å². The first-order valence-electron chi connectivity index (χ1n) is 13.0. The zero-order valence-corrected chi connectivity index (χ0v) is 25.3. The summed E-state index contributed by atoms with van der Waals surface area (Å²) in [7, 11) is 0. The van der Waals surface area contributed by atoms with Crippen LogP contribution in [0.5, 0.6) is 5.75 Å². The number of halogens is 1. The fourth-order valence-corrected chi connectivity index (χ4v) is 5.96. The Hall–Kier alpha value is -3.16. The molecule has 0 saturated heterocycles. The highest BCUT2D eigenvalue weighted by Crippen LogP contribution is 2.40. The van der Waals surface area contributed by atoms with E-state index in [0.29, 0.717) is 25.6 Å². The summed E-state index contributed by atoms with van der Waals surface area (Å²) in [6.07, 6.45) is 1.84. The number of hydrogen-bond acceptors (Lipinski definition) is 6. The molecule has 0 unspecified atom stereocenters. The standard InChI is InChI=1S/C31H35ClN2O4S/c1-9-38-28(37)24-17(2)33-29-34(25(24)19-10-12-20(32)13-11-19)27(36)23(39-29)16-18-14-21(30(3,4)5)26(35)22(15-18)31(6,7)8/h10-16,25,35H,9H2,1-8H3/b23-16-/t25-/m0/s1. The van der Waals surface area contributed by atoms with Gasteiger partial charge >= 0.3 is 5.97 Å². The third kappa shape index (κ3) is 5.61. The minimum atomic E-state index is -0.699. The van der Waals surface area contributed by atoms with E-state index < -0.39 is 12.0 Å². The summed E-state index contributed by atoms with van der Waals surface area (Å²) < 4.78 is 7.41. The summed E-state index contributed by atoms with van der Waals surface area (Å²) in [6.45, 7) is 16.0. The predicted octanol–water partition coefficient (Wildman–Crippen LogP) is 5.75. The zero-order valence-electron chi connectivity index (χ0n) is 23.7. The van der Waals surface area contributed by atoms with E-state index in [1.54, 1.807) is 30.5 Å². The van der Waals surface area contributed by atoms with Crippen LogP contribution in [0.4, 0.5) is 0 Å². The number of ether oxygens (including phenoxy) is 1. The smallest absolute Gasteiger partial charge is 0.338 e. The SMILES string of the molecule is CCOC(=O)C1=C(C)N=c2s/c(=C\c3cc(C(C)(C)C)c(O)c(C(C)(C)C)c3)c(=O)n2[C@H]1c1ccc(Cl)cc1. The molecule has 39 heavy (non-hydrogen) atoms. The second-order valence-electron chi connectivity index (χ2n) is 11.8. The van der Waals surface area contributed by atoms with Gasteiger partial charge in [0.2, 0.25) is 0 Å². The molecule has 0 aliphatic carbocycles. The van der Waals surface area contributed by atoms with E-state index in [9.17, 15) is 14.7 Å².